The van der Waals surface area contributed by atoms with E-state index >= 15 is 0 Å². The zero-order chi connectivity index (χ0) is 19.9. The Bertz CT molecular complexity index is 547. The topological polar surface area (TPSA) is 72.8 Å². The molecule has 2 aliphatic carbocycles. The third kappa shape index (κ3) is 12.8. The van der Waals surface area contributed by atoms with Crippen molar-refractivity contribution in [1.29, 1.82) is 0 Å². The number of ether oxygens (including phenoxy) is 2. The highest BCUT2D eigenvalue weighted by atomic mass is 79.9. The number of rotatable bonds is 6. The average Bonchev–Trinajstić information content (AvgIpc) is 2.57. The Morgan fingerprint density at radius 3 is 2.59 bits per heavy atom. The van der Waals surface area contributed by atoms with Gasteiger partial charge in [-0.2, -0.15) is 0 Å². The van der Waals surface area contributed by atoms with E-state index in [1.165, 1.54) is 25.7 Å². The van der Waals surface area contributed by atoms with Gasteiger partial charge in [-0.05, 0) is 45.4 Å². The van der Waals surface area contributed by atoms with E-state index in [-0.39, 0.29) is 31.2 Å². The van der Waals surface area contributed by atoms with Crippen molar-refractivity contribution in [2.24, 2.45) is 0 Å². The molecule has 0 spiro atoms. The van der Waals surface area contributed by atoms with Crippen LogP contribution in [0.3, 0.4) is 0 Å². The van der Waals surface area contributed by atoms with Crippen LogP contribution in [0.4, 0.5) is 0 Å². The second-order valence-electron chi connectivity index (χ2n) is 6.84. The highest BCUT2D eigenvalue weighted by Crippen LogP contribution is 2.24. The smallest absolute Gasteiger partial charge is 0.329 e. The van der Waals surface area contributed by atoms with Gasteiger partial charge in [0, 0.05) is 10.9 Å². The fraction of sp³-hybridized carbons (Fsp3) is 0.714. The number of carbonyl (C=O) groups excluding carboxylic acids is 1. The number of halogens is 1. The number of Topliss-reactive ketones (excluding diaryl/α,β-unsaturated/α-hetero) is 1. The maximum absolute atomic E-state index is 10.8. The molecule has 0 aromatic rings. The molecular weight excluding hydrogens is 412 g/mol. The van der Waals surface area contributed by atoms with Crippen molar-refractivity contribution in [3.63, 3.8) is 0 Å². The summed E-state index contributed by atoms with van der Waals surface area (Å²) in [6.45, 7) is 1.55. The minimum atomic E-state index is -0.927. The zero-order valence-electron chi connectivity index (χ0n) is 16.2. The minimum Gasteiger partial charge on any atom is -0.480 e. The predicted molar refractivity (Wildman–Crippen MR) is 109 cm³/mol. The van der Waals surface area contributed by atoms with Gasteiger partial charge in [-0.1, -0.05) is 47.2 Å². The molecule has 0 aliphatic heterocycles. The van der Waals surface area contributed by atoms with Crippen molar-refractivity contribution in [3.05, 3.63) is 10.6 Å². The Hall–Kier alpha value is -1.16. The molecule has 6 heteroatoms. The molecule has 2 rings (SSSR count). The molecule has 2 aliphatic rings. The van der Waals surface area contributed by atoms with Gasteiger partial charge in [-0.3, -0.25) is 4.79 Å². The highest BCUT2D eigenvalue weighted by molar-refractivity contribution is 9.11. The van der Waals surface area contributed by atoms with Crippen LogP contribution in [0.2, 0.25) is 0 Å². The maximum Gasteiger partial charge on any atom is 0.329 e. The van der Waals surface area contributed by atoms with Crippen LogP contribution in [0.1, 0.15) is 71.1 Å². The molecule has 0 bridgehead atoms. The first-order valence-electron chi connectivity index (χ1n) is 9.77. The normalized spacial score (nSPS) is 23.0. The summed E-state index contributed by atoms with van der Waals surface area (Å²) in [5, 5.41) is 8.40. The van der Waals surface area contributed by atoms with Crippen molar-refractivity contribution >= 4 is 27.7 Å². The monoisotopic (exact) mass is 442 g/mol. The number of hydrogen-bond acceptors (Lipinski definition) is 4. The number of allylic oxidation sites excluding steroid dienone is 1. The average molecular weight is 443 g/mol. The van der Waals surface area contributed by atoms with Crippen molar-refractivity contribution in [2.75, 3.05) is 13.2 Å². The van der Waals surface area contributed by atoms with Crippen LogP contribution < -0.4 is 0 Å². The molecule has 2 atom stereocenters. The molecule has 27 heavy (non-hydrogen) atoms. The molecule has 0 saturated carbocycles. The lowest BCUT2D eigenvalue weighted by Crippen LogP contribution is -2.18. The third-order valence-corrected chi connectivity index (χ3v) is 5.08. The van der Waals surface area contributed by atoms with Gasteiger partial charge < -0.3 is 14.6 Å². The van der Waals surface area contributed by atoms with Gasteiger partial charge >= 0.3 is 5.97 Å². The van der Waals surface area contributed by atoms with E-state index < -0.39 is 5.97 Å². The number of hydrogen-bond donors (Lipinski definition) is 1. The summed E-state index contributed by atoms with van der Waals surface area (Å²) >= 11 is 3.51. The summed E-state index contributed by atoms with van der Waals surface area (Å²) in [6, 6.07) is 0. The van der Waals surface area contributed by atoms with Crippen LogP contribution in [0.25, 0.3) is 0 Å². The lowest BCUT2D eigenvalue weighted by Gasteiger charge is -2.18. The molecule has 0 amide bonds. The van der Waals surface area contributed by atoms with Crippen LogP contribution in [0.5, 0.6) is 0 Å². The predicted octanol–water partition coefficient (Wildman–Crippen LogP) is 4.63. The van der Waals surface area contributed by atoms with Gasteiger partial charge in [0.1, 0.15) is 19.3 Å². The Labute approximate surface area is 171 Å². The van der Waals surface area contributed by atoms with Crippen LogP contribution >= 0.6 is 15.9 Å². The number of carboxylic acid groups (broad SMARTS) is 1. The Morgan fingerprint density at radius 1 is 1.11 bits per heavy atom. The first-order valence-corrected chi connectivity index (χ1v) is 10.6. The van der Waals surface area contributed by atoms with E-state index in [9.17, 15) is 9.59 Å². The molecule has 2 unspecified atom stereocenters. The summed E-state index contributed by atoms with van der Waals surface area (Å²) < 4.78 is 11.7. The van der Waals surface area contributed by atoms with Crippen molar-refractivity contribution in [3.8, 4) is 11.8 Å². The first-order chi connectivity index (χ1) is 13.0. The molecule has 152 valence electrons. The number of carboxylic acids is 1. The second-order valence-corrected chi connectivity index (χ2v) is 7.76. The molecular formula is C21H31BrO5. The largest absolute Gasteiger partial charge is 0.480 e. The summed E-state index contributed by atoms with van der Waals surface area (Å²) in [7, 11) is 0. The third-order valence-electron chi connectivity index (χ3n) is 4.24. The van der Waals surface area contributed by atoms with Crippen LogP contribution in [-0.4, -0.2) is 42.3 Å². The Balaban J connectivity index is 0.000000271. The highest BCUT2D eigenvalue weighted by Gasteiger charge is 2.14. The summed E-state index contributed by atoms with van der Waals surface area (Å²) in [5.74, 6) is 5.10. The quantitative estimate of drug-likeness (QED) is 0.607. The van der Waals surface area contributed by atoms with E-state index in [0.717, 1.165) is 43.0 Å². The van der Waals surface area contributed by atoms with E-state index in [0.29, 0.717) is 0 Å². The lowest BCUT2D eigenvalue weighted by atomic mass is 10.0. The minimum absolute atomic E-state index is 0.0901. The molecule has 1 N–H and O–H groups in total. The van der Waals surface area contributed by atoms with Gasteiger partial charge in [0.25, 0.3) is 0 Å². The Kier molecular flexibility index (Phi) is 13.1. The van der Waals surface area contributed by atoms with Gasteiger partial charge in [-0.25, -0.2) is 4.79 Å². The van der Waals surface area contributed by atoms with Crippen LogP contribution in [0, 0.1) is 11.8 Å². The molecule has 0 heterocycles. The van der Waals surface area contributed by atoms with E-state index in [1.54, 1.807) is 6.92 Å². The molecule has 0 aromatic carbocycles. The molecule has 0 radical (unpaired) electrons. The van der Waals surface area contributed by atoms with Crippen LogP contribution in [0.15, 0.2) is 10.6 Å². The van der Waals surface area contributed by atoms with Crippen molar-refractivity contribution in [2.45, 2.75) is 83.3 Å². The number of aliphatic carboxylic acids is 1. The standard InChI is InChI=1S/C11H17BrO2.C10H14O3/c1-9(13)8-14-11-7-5-3-2-4-6-10(11)12;11-10(12)8-13-9-6-4-2-1-3-5-7-9/h6,11H,2-5,7-8H2,1H3;9H,1-4,6,8H2,(H,11,12). The fourth-order valence-corrected chi connectivity index (χ4v) is 3.41. The lowest BCUT2D eigenvalue weighted by molar-refractivity contribution is -0.143. The zero-order valence-corrected chi connectivity index (χ0v) is 17.8. The molecule has 0 fully saturated rings. The van der Waals surface area contributed by atoms with Gasteiger partial charge in [0.2, 0.25) is 0 Å². The van der Waals surface area contributed by atoms with E-state index in [1.807, 2.05) is 0 Å². The maximum atomic E-state index is 10.8. The first kappa shape index (κ1) is 23.9. The summed E-state index contributed by atoms with van der Waals surface area (Å²) in [4.78, 5) is 21.0. The second kappa shape index (κ2) is 14.8. The van der Waals surface area contributed by atoms with E-state index in [4.69, 9.17) is 14.6 Å². The van der Waals surface area contributed by atoms with Crippen molar-refractivity contribution < 1.29 is 24.2 Å². The number of ketones is 1. The van der Waals surface area contributed by atoms with Crippen molar-refractivity contribution in [1.82, 2.24) is 0 Å². The van der Waals surface area contributed by atoms with Crippen LogP contribution in [-0.2, 0) is 19.1 Å². The molecule has 0 aromatic heterocycles. The molecule has 5 nitrogen and oxygen atoms in total. The molecule has 0 saturated heterocycles. The summed E-state index contributed by atoms with van der Waals surface area (Å²) in [5.41, 5.74) is 0. The summed E-state index contributed by atoms with van der Waals surface area (Å²) in [6.07, 6.45) is 13.1. The van der Waals surface area contributed by atoms with Gasteiger partial charge in [0.15, 0.2) is 5.78 Å². The van der Waals surface area contributed by atoms with Gasteiger partial charge in [-0.15, -0.1) is 5.92 Å². The number of carbonyl (C=O) groups is 2. The Morgan fingerprint density at radius 2 is 1.85 bits per heavy atom. The fourth-order valence-electron chi connectivity index (χ4n) is 2.82. The SMILES string of the molecule is CC(=O)COC1CCCCCC=C1Br.O=C(O)COC1C#CCCCCC1. The van der Waals surface area contributed by atoms with Gasteiger partial charge in [0.05, 0.1) is 6.10 Å². The van der Waals surface area contributed by atoms with E-state index in [2.05, 4.69) is 33.8 Å².